The molecule has 29 heavy (non-hydrogen) atoms. The number of hydrogen-bond donors (Lipinski definition) is 1. The van der Waals surface area contributed by atoms with Crippen LogP contribution in [0.5, 0.6) is 11.5 Å². The second-order valence-electron chi connectivity index (χ2n) is 7.94. The zero-order chi connectivity index (χ0) is 20.5. The van der Waals surface area contributed by atoms with Gasteiger partial charge in [0.15, 0.2) is 6.10 Å². The van der Waals surface area contributed by atoms with Crippen LogP contribution in [0.4, 0.5) is 5.69 Å². The Morgan fingerprint density at radius 2 is 1.79 bits per heavy atom. The summed E-state index contributed by atoms with van der Waals surface area (Å²) in [4.78, 5) is 12.6. The van der Waals surface area contributed by atoms with Crippen LogP contribution in [0.25, 0.3) is 0 Å². The Balaban J connectivity index is 1.47. The van der Waals surface area contributed by atoms with Crippen LogP contribution in [0.3, 0.4) is 0 Å². The Hall–Kier alpha value is -2.49. The first-order valence-corrected chi connectivity index (χ1v) is 10.9. The van der Waals surface area contributed by atoms with Gasteiger partial charge < -0.3 is 14.8 Å². The maximum Gasteiger partial charge on any atom is 0.265 e. The van der Waals surface area contributed by atoms with Crippen molar-refractivity contribution in [3.8, 4) is 11.5 Å². The van der Waals surface area contributed by atoms with Crippen molar-refractivity contribution in [2.24, 2.45) is 5.92 Å². The molecule has 0 radical (unpaired) electrons. The minimum absolute atomic E-state index is 0.137. The van der Waals surface area contributed by atoms with Crippen molar-refractivity contribution in [1.29, 1.82) is 0 Å². The summed E-state index contributed by atoms with van der Waals surface area (Å²) in [6.45, 7) is 4.69. The third-order valence-corrected chi connectivity index (χ3v) is 5.67. The van der Waals surface area contributed by atoms with Gasteiger partial charge in [0, 0.05) is 5.69 Å². The lowest BCUT2D eigenvalue weighted by Gasteiger charge is -2.21. The van der Waals surface area contributed by atoms with E-state index in [1.807, 2.05) is 62.4 Å². The molecular formula is C25H33NO3. The number of carbonyl (C=O) groups is 1. The van der Waals surface area contributed by atoms with Gasteiger partial charge in [-0.2, -0.15) is 0 Å². The fourth-order valence-electron chi connectivity index (χ4n) is 3.84. The lowest BCUT2D eigenvalue weighted by atomic mass is 9.87. The molecule has 1 unspecified atom stereocenters. The monoisotopic (exact) mass is 395 g/mol. The molecule has 1 saturated carbocycles. The van der Waals surface area contributed by atoms with Gasteiger partial charge in [0.25, 0.3) is 5.91 Å². The number of carbonyl (C=O) groups excluding carboxylic acids is 1. The first-order valence-electron chi connectivity index (χ1n) is 10.9. The van der Waals surface area contributed by atoms with Crippen LogP contribution in [0.15, 0.2) is 48.5 Å². The summed E-state index contributed by atoms with van der Waals surface area (Å²) in [6.07, 6.45) is 8.02. The van der Waals surface area contributed by atoms with Crippen molar-refractivity contribution in [3.63, 3.8) is 0 Å². The molecule has 1 atom stereocenters. The highest BCUT2D eigenvalue weighted by Crippen LogP contribution is 2.26. The van der Waals surface area contributed by atoms with Crippen LogP contribution in [0, 0.1) is 12.8 Å². The van der Waals surface area contributed by atoms with Gasteiger partial charge in [0.2, 0.25) is 0 Å². The van der Waals surface area contributed by atoms with Crippen molar-refractivity contribution < 1.29 is 14.3 Å². The lowest BCUT2D eigenvalue weighted by Crippen LogP contribution is -2.32. The third-order valence-electron chi connectivity index (χ3n) is 5.67. The Labute approximate surface area is 174 Å². The van der Waals surface area contributed by atoms with Gasteiger partial charge >= 0.3 is 0 Å². The molecule has 1 aliphatic rings. The molecular weight excluding hydrogens is 362 g/mol. The van der Waals surface area contributed by atoms with Gasteiger partial charge in [-0.3, -0.25) is 4.79 Å². The summed E-state index contributed by atoms with van der Waals surface area (Å²) in [7, 11) is 0. The maximum absolute atomic E-state index is 12.6. The SMILES string of the molecule is CCC(Oc1ccccc1C)C(=O)Nc1ccc(OCCC2CCCCC2)cc1. The van der Waals surface area contributed by atoms with E-state index in [9.17, 15) is 4.79 Å². The largest absolute Gasteiger partial charge is 0.494 e. The van der Waals surface area contributed by atoms with Gasteiger partial charge in [0.05, 0.1) is 6.61 Å². The molecule has 1 aliphatic carbocycles. The van der Waals surface area contributed by atoms with E-state index in [1.165, 1.54) is 32.1 Å². The fourth-order valence-corrected chi connectivity index (χ4v) is 3.84. The minimum Gasteiger partial charge on any atom is -0.494 e. The highest BCUT2D eigenvalue weighted by atomic mass is 16.5. The van der Waals surface area contributed by atoms with E-state index in [-0.39, 0.29) is 5.91 Å². The lowest BCUT2D eigenvalue weighted by molar-refractivity contribution is -0.122. The topological polar surface area (TPSA) is 47.6 Å². The van der Waals surface area contributed by atoms with Gasteiger partial charge in [-0.15, -0.1) is 0 Å². The molecule has 1 fully saturated rings. The fraction of sp³-hybridized carbons (Fsp3) is 0.480. The summed E-state index contributed by atoms with van der Waals surface area (Å²) >= 11 is 0. The van der Waals surface area contributed by atoms with Crippen molar-refractivity contribution in [3.05, 3.63) is 54.1 Å². The molecule has 0 spiro atoms. The Bertz CT molecular complexity index is 766. The Kier molecular flexibility index (Phi) is 7.97. The predicted molar refractivity (Wildman–Crippen MR) is 118 cm³/mol. The first kappa shape index (κ1) is 21.2. The summed E-state index contributed by atoms with van der Waals surface area (Å²) in [5, 5.41) is 2.95. The summed E-state index contributed by atoms with van der Waals surface area (Å²) in [6, 6.07) is 15.3. The van der Waals surface area contributed by atoms with Gasteiger partial charge in [-0.25, -0.2) is 0 Å². The van der Waals surface area contributed by atoms with Crippen molar-refractivity contribution in [2.75, 3.05) is 11.9 Å². The van der Waals surface area contributed by atoms with Crippen LogP contribution < -0.4 is 14.8 Å². The number of rotatable bonds is 9. The van der Waals surface area contributed by atoms with E-state index in [0.29, 0.717) is 6.42 Å². The van der Waals surface area contributed by atoms with Crippen molar-refractivity contribution in [2.45, 2.75) is 64.9 Å². The van der Waals surface area contributed by atoms with Crippen molar-refractivity contribution >= 4 is 11.6 Å². The van der Waals surface area contributed by atoms with Crippen LogP contribution in [-0.4, -0.2) is 18.6 Å². The highest BCUT2D eigenvalue weighted by molar-refractivity contribution is 5.94. The van der Waals surface area contributed by atoms with E-state index in [4.69, 9.17) is 9.47 Å². The molecule has 4 nitrogen and oxygen atoms in total. The van der Waals surface area contributed by atoms with E-state index >= 15 is 0 Å². The molecule has 3 rings (SSSR count). The zero-order valence-electron chi connectivity index (χ0n) is 17.7. The molecule has 1 N–H and O–H groups in total. The summed E-state index contributed by atoms with van der Waals surface area (Å²) in [5.41, 5.74) is 1.77. The molecule has 0 heterocycles. The van der Waals surface area contributed by atoms with E-state index < -0.39 is 6.10 Å². The normalized spacial score (nSPS) is 15.5. The number of anilines is 1. The smallest absolute Gasteiger partial charge is 0.265 e. The average molecular weight is 396 g/mol. The number of ether oxygens (including phenoxy) is 2. The van der Waals surface area contributed by atoms with Gasteiger partial charge in [-0.05, 0) is 61.6 Å². The molecule has 0 bridgehead atoms. The van der Waals surface area contributed by atoms with Gasteiger partial charge in [-0.1, -0.05) is 57.2 Å². The maximum atomic E-state index is 12.6. The van der Waals surface area contributed by atoms with Crippen LogP contribution in [0.1, 0.15) is 57.4 Å². The highest BCUT2D eigenvalue weighted by Gasteiger charge is 2.19. The standard InChI is InChI=1S/C25H33NO3/c1-3-23(29-24-12-8-7-9-19(24)2)25(27)26-21-13-15-22(16-14-21)28-18-17-20-10-5-4-6-11-20/h7-9,12-16,20,23H,3-6,10-11,17-18H2,1-2H3,(H,26,27). The van der Waals surface area contributed by atoms with E-state index in [0.717, 1.165) is 41.7 Å². The molecule has 2 aromatic carbocycles. The van der Waals surface area contributed by atoms with Gasteiger partial charge in [0.1, 0.15) is 11.5 Å². The third kappa shape index (κ3) is 6.52. The Morgan fingerprint density at radius 1 is 1.07 bits per heavy atom. The number of benzene rings is 2. The zero-order valence-corrected chi connectivity index (χ0v) is 17.7. The van der Waals surface area contributed by atoms with Crippen LogP contribution >= 0.6 is 0 Å². The average Bonchev–Trinajstić information content (AvgIpc) is 2.75. The number of amides is 1. The molecule has 4 heteroatoms. The van der Waals surface area contributed by atoms with Crippen LogP contribution in [-0.2, 0) is 4.79 Å². The predicted octanol–water partition coefficient (Wildman–Crippen LogP) is 6.14. The van der Waals surface area contributed by atoms with E-state index in [2.05, 4.69) is 5.32 Å². The van der Waals surface area contributed by atoms with Crippen LogP contribution in [0.2, 0.25) is 0 Å². The molecule has 0 aromatic heterocycles. The summed E-state index contributed by atoms with van der Waals surface area (Å²) in [5.74, 6) is 2.28. The second-order valence-corrected chi connectivity index (χ2v) is 7.94. The second kappa shape index (κ2) is 10.9. The number of para-hydroxylation sites is 1. The molecule has 1 amide bonds. The Morgan fingerprint density at radius 3 is 2.48 bits per heavy atom. The van der Waals surface area contributed by atoms with Crippen molar-refractivity contribution in [1.82, 2.24) is 0 Å². The molecule has 0 aliphatic heterocycles. The molecule has 2 aromatic rings. The quantitative estimate of drug-likeness (QED) is 0.555. The minimum atomic E-state index is -0.525. The number of hydrogen-bond acceptors (Lipinski definition) is 3. The summed E-state index contributed by atoms with van der Waals surface area (Å²) < 4.78 is 11.8. The molecule has 0 saturated heterocycles. The van der Waals surface area contributed by atoms with E-state index in [1.54, 1.807) is 0 Å². The number of nitrogens with one attached hydrogen (secondary N) is 1. The first-order chi connectivity index (χ1) is 14.2. The number of aryl methyl sites for hydroxylation is 1. The molecule has 156 valence electrons.